The molecule has 0 radical (unpaired) electrons. The smallest absolute Gasteiger partial charge is 0.128 e. The normalized spacial score (nSPS) is 10.9. The van der Waals surface area contributed by atoms with Crippen molar-refractivity contribution in [2.75, 3.05) is 0 Å². The Kier molecular flexibility index (Phi) is 3.54. The van der Waals surface area contributed by atoms with Gasteiger partial charge in [-0.05, 0) is 48.0 Å². The lowest BCUT2D eigenvalue weighted by molar-refractivity contribution is 0.578. The number of hydrogen-bond donors (Lipinski definition) is 0. The number of aromatic nitrogens is 2. The van der Waals surface area contributed by atoms with Crippen LogP contribution >= 0.6 is 27.5 Å². The van der Waals surface area contributed by atoms with Crippen LogP contribution in [0.5, 0.6) is 0 Å². The van der Waals surface area contributed by atoms with E-state index in [4.69, 9.17) is 11.6 Å². The van der Waals surface area contributed by atoms with Gasteiger partial charge in [-0.1, -0.05) is 11.6 Å². The van der Waals surface area contributed by atoms with Crippen molar-refractivity contribution in [2.45, 2.75) is 20.4 Å². The summed E-state index contributed by atoms with van der Waals surface area (Å²) < 4.78 is 16.3. The topological polar surface area (TPSA) is 17.8 Å². The highest BCUT2D eigenvalue weighted by Gasteiger charge is 2.11. The Labute approximate surface area is 113 Å². The van der Waals surface area contributed by atoms with Gasteiger partial charge in [0.15, 0.2) is 0 Å². The molecular formula is C12H11BrClFN2. The molecular weight excluding hydrogens is 307 g/mol. The molecule has 1 aromatic heterocycles. The standard InChI is InChI=1S/C12H11BrClFN2/c1-7-12(13)8(2)17(16-7)6-9-5-10(14)3-4-11(9)15/h3-5H,6H2,1-2H3. The second-order valence-electron chi connectivity index (χ2n) is 3.88. The maximum Gasteiger partial charge on any atom is 0.128 e. The molecule has 90 valence electrons. The summed E-state index contributed by atoms with van der Waals surface area (Å²) in [4.78, 5) is 0. The Balaban J connectivity index is 2.37. The Morgan fingerprint density at radius 3 is 2.71 bits per heavy atom. The zero-order valence-corrected chi connectivity index (χ0v) is 11.8. The van der Waals surface area contributed by atoms with Gasteiger partial charge in [0.1, 0.15) is 5.82 Å². The van der Waals surface area contributed by atoms with E-state index in [1.165, 1.54) is 12.1 Å². The van der Waals surface area contributed by atoms with Crippen LogP contribution in [0.3, 0.4) is 0 Å². The summed E-state index contributed by atoms with van der Waals surface area (Å²) in [6.07, 6.45) is 0. The van der Waals surface area contributed by atoms with E-state index in [0.29, 0.717) is 17.1 Å². The molecule has 1 heterocycles. The highest BCUT2D eigenvalue weighted by atomic mass is 79.9. The van der Waals surface area contributed by atoms with Crippen molar-refractivity contribution in [3.63, 3.8) is 0 Å². The highest BCUT2D eigenvalue weighted by Crippen LogP contribution is 2.22. The van der Waals surface area contributed by atoms with Crippen molar-refractivity contribution < 1.29 is 4.39 Å². The van der Waals surface area contributed by atoms with Gasteiger partial charge in [-0.25, -0.2) is 4.39 Å². The molecule has 0 unspecified atom stereocenters. The first-order valence-electron chi connectivity index (χ1n) is 5.12. The van der Waals surface area contributed by atoms with Gasteiger partial charge in [-0.3, -0.25) is 4.68 Å². The first-order valence-corrected chi connectivity index (χ1v) is 6.29. The first-order chi connectivity index (χ1) is 7.99. The van der Waals surface area contributed by atoms with Crippen LogP contribution in [0.15, 0.2) is 22.7 Å². The van der Waals surface area contributed by atoms with Crippen molar-refractivity contribution in [2.24, 2.45) is 0 Å². The highest BCUT2D eigenvalue weighted by molar-refractivity contribution is 9.10. The van der Waals surface area contributed by atoms with Crippen LogP contribution in [0.4, 0.5) is 4.39 Å². The summed E-state index contributed by atoms with van der Waals surface area (Å²) in [5.74, 6) is -0.266. The molecule has 0 fully saturated rings. The minimum absolute atomic E-state index is 0.266. The zero-order valence-electron chi connectivity index (χ0n) is 9.47. The van der Waals surface area contributed by atoms with Gasteiger partial charge in [0.2, 0.25) is 0 Å². The molecule has 2 aromatic rings. The Hall–Kier alpha value is -0.870. The summed E-state index contributed by atoms with van der Waals surface area (Å²) >= 11 is 9.30. The van der Waals surface area contributed by atoms with Crippen molar-refractivity contribution in [1.82, 2.24) is 9.78 Å². The number of benzene rings is 1. The van der Waals surface area contributed by atoms with Crippen LogP contribution in [0, 0.1) is 19.7 Å². The average Bonchev–Trinajstić information content (AvgIpc) is 2.52. The van der Waals surface area contributed by atoms with E-state index < -0.39 is 0 Å². The predicted octanol–water partition coefficient (Wildman–Crippen LogP) is 4.10. The van der Waals surface area contributed by atoms with E-state index in [1.807, 2.05) is 13.8 Å². The van der Waals surface area contributed by atoms with Crippen molar-refractivity contribution in [1.29, 1.82) is 0 Å². The molecule has 0 bridgehead atoms. The van der Waals surface area contributed by atoms with Crippen LogP contribution in [0.1, 0.15) is 17.0 Å². The van der Waals surface area contributed by atoms with E-state index in [9.17, 15) is 4.39 Å². The van der Waals surface area contributed by atoms with Crippen LogP contribution in [0.2, 0.25) is 5.02 Å². The Morgan fingerprint density at radius 2 is 2.12 bits per heavy atom. The molecule has 0 saturated carbocycles. The third-order valence-corrected chi connectivity index (χ3v) is 4.00. The molecule has 0 saturated heterocycles. The molecule has 0 aliphatic carbocycles. The fourth-order valence-electron chi connectivity index (χ4n) is 1.65. The fourth-order valence-corrected chi connectivity index (χ4v) is 2.13. The largest absolute Gasteiger partial charge is 0.264 e. The molecule has 0 aliphatic heterocycles. The Morgan fingerprint density at radius 1 is 1.41 bits per heavy atom. The number of aryl methyl sites for hydroxylation is 1. The van der Waals surface area contributed by atoms with E-state index in [-0.39, 0.29) is 5.82 Å². The van der Waals surface area contributed by atoms with Crippen LogP contribution in [0.25, 0.3) is 0 Å². The van der Waals surface area contributed by atoms with Gasteiger partial charge in [-0.2, -0.15) is 5.10 Å². The zero-order chi connectivity index (χ0) is 12.6. The third-order valence-electron chi connectivity index (χ3n) is 2.62. The second-order valence-corrected chi connectivity index (χ2v) is 5.11. The SMILES string of the molecule is Cc1nn(Cc2cc(Cl)ccc2F)c(C)c1Br. The van der Waals surface area contributed by atoms with Crippen LogP contribution < -0.4 is 0 Å². The fraction of sp³-hybridized carbons (Fsp3) is 0.250. The van der Waals surface area contributed by atoms with Gasteiger partial charge in [0.25, 0.3) is 0 Å². The molecule has 17 heavy (non-hydrogen) atoms. The van der Waals surface area contributed by atoms with E-state index in [1.54, 1.807) is 10.7 Å². The average molecular weight is 318 g/mol. The van der Waals surface area contributed by atoms with E-state index >= 15 is 0 Å². The summed E-state index contributed by atoms with van der Waals surface area (Å²) in [7, 11) is 0. The van der Waals surface area contributed by atoms with Crippen LogP contribution in [-0.4, -0.2) is 9.78 Å². The first kappa shape index (κ1) is 12.6. The second kappa shape index (κ2) is 4.78. The van der Waals surface area contributed by atoms with Gasteiger partial charge < -0.3 is 0 Å². The molecule has 5 heteroatoms. The van der Waals surface area contributed by atoms with Gasteiger partial charge in [0, 0.05) is 10.6 Å². The molecule has 0 N–H and O–H groups in total. The Bertz CT molecular complexity index is 566. The van der Waals surface area contributed by atoms with Gasteiger partial charge >= 0.3 is 0 Å². The quantitative estimate of drug-likeness (QED) is 0.815. The summed E-state index contributed by atoms with van der Waals surface area (Å²) in [5.41, 5.74) is 2.41. The summed E-state index contributed by atoms with van der Waals surface area (Å²) in [5, 5.41) is 4.87. The molecule has 0 atom stereocenters. The van der Waals surface area contributed by atoms with Gasteiger partial charge in [0.05, 0.1) is 22.4 Å². The molecule has 0 aliphatic rings. The molecule has 0 amide bonds. The lowest BCUT2D eigenvalue weighted by Gasteiger charge is -2.06. The molecule has 2 rings (SSSR count). The third kappa shape index (κ3) is 2.53. The lowest BCUT2D eigenvalue weighted by atomic mass is 10.2. The molecule has 2 nitrogen and oxygen atoms in total. The molecule has 1 aromatic carbocycles. The number of nitrogens with zero attached hydrogens (tertiary/aromatic N) is 2. The minimum atomic E-state index is -0.266. The van der Waals surface area contributed by atoms with Crippen LogP contribution in [-0.2, 0) is 6.54 Å². The van der Waals surface area contributed by atoms with Crippen molar-refractivity contribution >= 4 is 27.5 Å². The summed E-state index contributed by atoms with van der Waals surface area (Å²) in [6.45, 7) is 4.22. The minimum Gasteiger partial charge on any atom is -0.264 e. The summed E-state index contributed by atoms with van der Waals surface area (Å²) in [6, 6.07) is 4.54. The van der Waals surface area contributed by atoms with Crippen molar-refractivity contribution in [3.05, 3.63) is 50.5 Å². The maximum atomic E-state index is 13.6. The predicted molar refractivity (Wildman–Crippen MR) is 69.9 cm³/mol. The number of halogens is 3. The number of hydrogen-bond acceptors (Lipinski definition) is 1. The maximum absolute atomic E-state index is 13.6. The lowest BCUT2D eigenvalue weighted by Crippen LogP contribution is -2.05. The monoisotopic (exact) mass is 316 g/mol. The van der Waals surface area contributed by atoms with Gasteiger partial charge in [-0.15, -0.1) is 0 Å². The van der Waals surface area contributed by atoms with Crippen molar-refractivity contribution in [3.8, 4) is 0 Å². The van der Waals surface area contributed by atoms with E-state index in [0.717, 1.165) is 15.9 Å². The molecule has 0 spiro atoms. The van der Waals surface area contributed by atoms with E-state index in [2.05, 4.69) is 21.0 Å². The number of rotatable bonds is 2.